The highest BCUT2D eigenvalue weighted by Crippen LogP contribution is 2.42. The fraction of sp³-hybridized carbons (Fsp3) is 0.333. The zero-order valence-corrected chi connectivity index (χ0v) is 16.8. The number of benzene rings is 2. The number of phenolic OH excluding ortho intramolecular Hbond substituents is 2. The van der Waals surface area contributed by atoms with Gasteiger partial charge in [-0.05, 0) is 34.6 Å². The molecule has 2 aliphatic heterocycles. The number of phenols is 2. The van der Waals surface area contributed by atoms with E-state index in [9.17, 15) is 30.2 Å². The highest BCUT2D eigenvalue weighted by molar-refractivity contribution is 5.70. The van der Waals surface area contributed by atoms with E-state index in [1.165, 1.54) is 24.3 Å². The highest BCUT2D eigenvalue weighted by Gasteiger charge is 2.27. The van der Waals surface area contributed by atoms with Gasteiger partial charge in [-0.2, -0.15) is 0 Å². The lowest BCUT2D eigenvalue weighted by Gasteiger charge is -2.11. The van der Waals surface area contributed by atoms with E-state index >= 15 is 0 Å². The second kappa shape index (κ2) is 10.6. The number of hydrogen-bond donors (Lipinski definition) is 4. The Hall–Kier alpha value is -3.36. The van der Waals surface area contributed by atoms with Gasteiger partial charge in [-0.15, -0.1) is 9.81 Å². The van der Waals surface area contributed by atoms with Crippen molar-refractivity contribution in [2.75, 3.05) is 37.0 Å². The van der Waals surface area contributed by atoms with Crippen LogP contribution in [0.3, 0.4) is 0 Å². The fourth-order valence-corrected chi connectivity index (χ4v) is 3.42. The summed E-state index contributed by atoms with van der Waals surface area (Å²) >= 11 is 0. The standard InChI is InChI=1S/2C9H10N2O3.3H2O/c2*1-11-4-9(13)5-2-8(12)6(10-14)3-7(5)11;;;/h2*2-3,9,12-13H,4H2,1H3;3*1H2. The first kappa shape index (κ1) is 27.6. The smallest absolute Gasteiger partial charge is 0.151 e. The van der Waals surface area contributed by atoms with E-state index < -0.39 is 12.2 Å². The van der Waals surface area contributed by atoms with E-state index in [4.69, 9.17) is 0 Å². The molecule has 2 atom stereocenters. The molecule has 4 rings (SSSR count). The second-order valence-corrected chi connectivity index (χ2v) is 6.77. The summed E-state index contributed by atoms with van der Waals surface area (Å²) in [5.41, 5.74) is 2.76. The third-order valence-corrected chi connectivity index (χ3v) is 4.88. The molecule has 0 saturated carbocycles. The van der Waals surface area contributed by atoms with Crippen molar-refractivity contribution in [3.63, 3.8) is 0 Å². The van der Waals surface area contributed by atoms with Gasteiger partial charge in [-0.25, -0.2) is 0 Å². The molecule has 2 aliphatic rings. The largest absolute Gasteiger partial charge is 0.506 e. The minimum absolute atomic E-state index is 0. The van der Waals surface area contributed by atoms with Crippen molar-refractivity contribution in [3.05, 3.63) is 45.2 Å². The molecule has 0 aliphatic carbocycles. The molecular formula is C18H26N4O9. The predicted molar refractivity (Wildman–Crippen MR) is 114 cm³/mol. The normalized spacial score (nSPS) is 17.7. The van der Waals surface area contributed by atoms with Gasteiger partial charge in [-0.1, -0.05) is 0 Å². The van der Waals surface area contributed by atoms with E-state index in [-0.39, 0.29) is 39.3 Å². The SMILES string of the molecule is CN1CC(O)c2cc(O)c(N=O)cc21.CN1CC(O)c2cc(O)c(N=O)cc21.O.O.O. The average Bonchev–Trinajstić information content (AvgIpc) is 3.09. The number of aliphatic hydroxyl groups is 2. The molecule has 2 unspecified atom stereocenters. The lowest BCUT2D eigenvalue weighted by molar-refractivity contribution is 0.194. The van der Waals surface area contributed by atoms with Crippen LogP contribution in [0.4, 0.5) is 22.7 Å². The third-order valence-electron chi connectivity index (χ3n) is 4.88. The van der Waals surface area contributed by atoms with Crippen LogP contribution in [0.25, 0.3) is 0 Å². The minimum atomic E-state index is -0.610. The molecule has 0 saturated heterocycles. The predicted octanol–water partition coefficient (Wildman–Crippen LogP) is 0.0725. The van der Waals surface area contributed by atoms with E-state index in [0.29, 0.717) is 24.2 Å². The summed E-state index contributed by atoms with van der Waals surface area (Å²) in [6.07, 6.45) is -1.22. The van der Waals surface area contributed by atoms with Crippen LogP contribution in [0.15, 0.2) is 34.6 Å². The van der Waals surface area contributed by atoms with Crippen molar-refractivity contribution in [3.8, 4) is 11.5 Å². The topological polar surface area (TPSA) is 241 Å². The molecule has 2 aromatic carbocycles. The van der Waals surface area contributed by atoms with E-state index in [0.717, 1.165) is 11.4 Å². The Morgan fingerprint density at radius 3 is 1.35 bits per heavy atom. The first-order chi connectivity index (χ1) is 13.3. The Morgan fingerprint density at radius 2 is 1.06 bits per heavy atom. The van der Waals surface area contributed by atoms with Crippen LogP contribution < -0.4 is 9.80 Å². The number of hydrogen-bond acceptors (Lipinski definition) is 10. The van der Waals surface area contributed by atoms with Crippen LogP contribution in [0, 0.1) is 9.81 Å². The lowest BCUT2D eigenvalue weighted by Crippen LogP contribution is -2.14. The molecule has 2 heterocycles. The Bertz CT molecular complexity index is 865. The second-order valence-electron chi connectivity index (χ2n) is 6.77. The number of anilines is 2. The summed E-state index contributed by atoms with van der Waals surface area (Å²) in [7, 11) is 3.61. The van der Waals surface area contributed by atoms with Gasteiger partial charge in [0.1, 0.15) is 11.5 Å². The van der Waals surface area contributed by atoms with Crippen LogP contribution in [0.2, 0.25) is 0 Å². The summed E-state index contributed by atoms with van der Waals surface area (Å²) < 4.78 is 0. The number of nitrogens with zero attached hydrogens (tertiary/aromatic N) is 4. The number of likely N-dealkylation sites (N-methyl/N-ethyl adjacent to an activating group) is 2. The van der Waals surface area contributed by atoms with Crippen molar-refractivity contribution in [2.45, 2.75) is 12.2 Å². The van der Waals surface area contributed by atoms with Crippen molar-refractivity contribution in [2.24, 2.45) is 10.4 Å². The number of nitroso groups, excluding NO2 is 2. The zero-order valence-electron chi connectivity index (χ0n) is 16.8. The molecule has 13 nitrogen and oxygen atoms in total. The van der Waals surface area contributed by atoms with Crippen LogP contribution in [-0.2, 0) is 0 Å². The van der Waals surface area contributed by atoms with Gasteiger partial charge in [0.15, 0.2) is 11.4 Å². The molecule has 0 amide bonds. The number of rotatable bonds is 2. The number of fused-ring (bicyclic) bond motifs is 2. The molecule has 0 aromatic heterocycles. The average molecular weight is 442 g/mol. The Balaban J connectivity index is 0.000000529. The monoisotopic (exact) mass is 442 g/mol. The summed E-state index contributed by atoms with van der Waals surface area (Å²) in [5.74, 6) is -0.374. The van der Waals surface area contributed by atoms with E-state index in [1.807, 2.05) is 9.80 Å². The van der Waals surface area contributed by atoms with Crippen LogP contribution in [0.5, 0.6) is 11.5 Å². The van der Waals surface area contributed by atoms with E-state index in [1.54, 1.807) is 14.1 Å². The minimum Gasteiger partial charge on any atom is -0.506 e. The Labute approximate surface area is 176 Å². The molecule has 0 bridgehead atoms. The molecule has 10 N–H and O–H groups in total. The van der Waals surface area contributed by atoms with Crippen molar-refractivity contribution >= 4 is 22.7 Å². The molecular weight excluding hydrogens is 416 g/mol. The van der Waals surface area contributed by atoms with Crippen LogP contribution in [0.1, 0.15) is 23.3 Å². The number of aliphatic hydroxyl groups excluding tert-OH is 2. The molecule has 31 heavy (non-hydrogen) atoms. The van der Waals surface area contributed by atoms with Gasteiger partial charge < -0.3 is 46.7 Å². The molecule has 0 fully saturated rings. The van der Waals surface area contributed by atoms with Gasteiger partial charge >= 0.3 is 0 Å². The quantitative estimate of drug-likeness (QED) is 0.462. The Kier molecular flexibility index (Phi) is 9.45. The maximum absolute atomic E-state index is 10.3. The first-order valence-electron chi connectivity index (χ1n) is 8.45. The fourth-order valence-electron chi connectivity index (χ4n) is 3.42. The van der Waals surface area contributed by atoms with Gasteiger partial charge in [0.2, 0.25) is 0 Å². The van der Waals surface area contributed by atoms with Gasteiger partial charge in [0, 0.05) is 49.7 Å². The van der Waals surface area contributed by atoms with Crippen LogP contribution in [-0.4, -0.2) is 64.0 Å². The summed E-state index contributed by atoms with van der Waals surface area (Å²) in [5, 5.41) is 43.3. The third kappa shape index (κ3) is 5.04. The van der Waals surface area contributed by atoms with E-state index in [2.05, 4.69) is 10.4 Å². The first-order valence-corrected chi connectivity index (χ1v) is 8.45. The summed E-state index contributed by atoms with van der Waals surface area (Å²) in [6, 6.07) is 5.74. The summed E-state index contributed by atoms with van der Waals surface area (Å²) in [4.78, 5) is 24.3. The molecule has 172 valence electrons. The molecule has 0 radical (unpaired) electrons. The zero-order chi connectivity index (χ0) is 20.6. The van der Waals surface area contributed by atoms with Gasteiger partial charge in [-0.3, -0.25) is 0 Å². The maximum atomic E-state index is 10.3. The molecule has 13 heteroatoms. The van der Waals surface area contributed by atoms with Crippen molar-refractivity contribution in [1.29, 1.82) is 0 Å². The van der Waals surface area contributed by atoms with Crippen molar-refractivity contribution < 1.29 is 36.9 Å². The molecule has 2 aromatic rings. The Morgan fingerprint density at radius 1 is 0.742 bits per heavy atom. The van der Waals surface area contributed by atoms with Crippen LogP contribution >= 0.6 is 0 Å². The van der Waals surface area contributed by atoms with Gasteiger partial charge in [0.05, 0.1) is 12.2 Å². The highest BCUT2D eigenvalue weighted by atomic mass is 16.3. The number of β-amino-alcohol motifs (C(OH)–C–C–N with tert-alkyl or cyclic N) is 2. The van der Waals surface area contributed by atoms with Crippen molar-refractivity contribution in [1.82, 2.24) is 0 Å². The lowest BCUT2D eigenvalue weighted by atomic mass is 10.1. The number of aromatic hydroxyl groups is 2. The maximum Gasteiger partial charge on any atom is 0.151 e. The summed E-state index contributed by atoms with van der Waals surface area (Å²) in [6.45, 7) is 0.939. The molecule has 0 spiro atoms. The van der Waals surface area contributed by atoms with Gasteiger partial charge in [0.25, 0.3) is 0 Å².